The molecule has 0 atom stereocenters. The molecule has 0 radical (unpaired) electrons. The van der Waals surface area contributed by atoms with Crippen molar-refractivity contribution in [3.63, 3.8) is 0 Å². The molecule has 0 spiro atoms. The van der Waals surface area contributed by atoms with Crippen molar-refractivity contribution in [3.8, 4) is 0 Å². The molecule has 3 aromatic heterocycles. The molecule has 3 rings (SSSR count). The van der Waals surface area contributed by atoms with E-state index in [2.05, 4.69) is 21.6 Å². The lowest BCUT2D eigenvalue weighted by Crippen LogP contribution is -2.09. The van der Waals surface area contributed by atoms with Crippen molar-refractivity contribution >= 4 is 34.1 Å². The summed E-state index contributed by atoms with van der Waals surface area (Å²) < 4.78 is 4.08. The minimum atomic E-state index is 0.563. The molecular formula is C14H18ClN5S. The Bertz CT molecular complexity index is 770. The van der Waals surface area contributed by atoms with Gasteiger partial charge >= 0.3 is 0 Å². The standard InChI is InChI=1S/C14H18ClN5S/c1-4-10-7-16-12(21-10)8-20-11(5-6-15)17-13-9(2)18-19(3)14(13)20/h7H,4-6,8H2,1-3H3. The van der Waals surface area contributed by atoms with Crippen LogP contribution in [0.25, 0.3) is 11.2 Å². The number of aryl methyl sites for hydroxylation is 4. The summed E-state index contributed by atoms with van der Waals surface area (Å²) in [6, 6.07) is 0. The number of alkyl halides is 1. The molecule has 3 heterocycles. The number of nitrogens with zero attached hydrogens (tertiary/aromatic N) is 5. The van der Waals surface area contributed by atoms with Crippen LogP contribution in [0.1, 0.15) is 28.3 Å². The molecule has 7 heteroatoms. The second kappa shape index (κ2) is 5.77. The van der Waals surface area contributed by atoms with Crippen molar-refractivity contribution in [1.82, 2.24) is 24.3 Å². The molecule has 112 valence electrons. The monoisotopic (exact) mass is 323 g/mol. The lowest BCUT2D eigenvalue weighted by Gasteiger charge is -2.07. The van der Waals surface area contributed by atoms with Crippen LogP contribution < -0.4 is 0 Å². The number of hydrogen-bond donors (Lipinski definition) is 0. The van der Waals surface area contributed by atoms with Gasteiger partial charge in [0.15, 0.2) is 5.65 Å². The predicted molar refractivity (Wildman–Crippen MR) is 86.3 cm³/mol. The van der Waals surface area contributed by atoms with E-state index in [9.17, 15) is 0 Å². The van der Waals surface area contributed by atoms with E-state index in [1.165, 1.54) is 4.88 Å². The smallest absolute Gasteiger partial charge is 0.159 e. The van der Waals surface area contributed by atoms with Gasteiger partial charge in [-0.1, -0.05) is 6.92 Å². The van der Waals surface area contributed by atoms with Crippen LogP contribution in [0, 0.1) is 6.92 Å². The molecule has 21 heavy (non-hydrogen) atoms. The molecule has 0 aromatic carbocycles. The normalized spacial score (nSPS) is 11.6. The van der Waals surface area contributed by atoms with E-state index in [0.29, 0.717) is 5.88 Å². The van der Waals surface area contributed by atoms with Gasteiger partial charge in [0.2, 0.25) is 0 Å². The van der Waals surface area contributed by atoms with Gasteiger partial charge in [-0.25, -0.2) is 9.97 Å². The first-order chi connectivity index (χ1) is 10.1. The van der Waals surface area contributed by atoms with Crippen molar-refractivity contribution in [2.24, 2.45) is 7.05 Å². The minimum Gasteiger partial charge on any atom is -0.306 e. The van der Waals surface area contributed by atoms with E-state index in [-0.39, 0.29) is 0 Å². The molecule has 3 aromatic rings. The van der Waals surface area contributed by atoms with Crippen LogP contribution in [0.2, 0.25) is 0 Å². The third kappa shape index (κ3) is 2.58. The minimum absolute atomic E-state index is 0.563. The van der Waals surface area contributed by atoms with Crippen LogP contribution in [-0.4, -0.2) is 30.2 Å². The zero-order valence-electron chi connectivity index (χ0n) is 12.4. The quantitative estimate of drug-likeness (QED) is 0.678. The summed E-state index contributed by atoms with van der Waals surface area (Å²) in [5, 5.41) is 5.56. The van der Waals surface area contributed by atoms with E-state index in [1.807, 2.05) is 24.9 Å². The predicted octanol–water partition coefficient (Wildman–Crippen LogP) is 2.93. The van der Waals surface area contributed by atoms with E-state index in [0.717, 1.165) is 47.1 Å². The zero-order chi connectivity index (χ0) is 15.0. The van der Waals surface area contributed by atoms with Crippen LogP contribution in [0.3, 0.4) is 0 Å². The maximum atomic E-state index is 5.92. The fourth-order valence-electron chi connectivity index (χ4n) is 2.54. The van der Waals surface area contributed by atoms with Gasteiger partial charge in [-0.05, 0) is 13.3 Å². The van der Waals surface area contributed by atoms with Crippen LogP contribution in [0.5, 0.6) is 0 Å². The van der Waals surface area contributed by atoms with Gasteiger partial charge in [-0.3, -0.25) is 4.68 Å². The summed E-state index contributed by atoms with van der Waals surface area (Å²) in [5.41, 5.74) is 2.96. The lowest BCUT2D eigenvalue weighted by atomic mass is 10.4. The Kier molecular flexibility index (Phi) is 3.99. The first kappa shape index (κ1) is 14.5. The van der Waals surface area contributed by atoms with E-state index >= 15 is 0 Å². The molecule has 0 aliphatic heterocycles. The second-order valence-electron chi connectivity index (χ2n) is 5.01. The molecule has 0 aliphatic carbocycles. The van der Waals surface area contributed by atoms with Crippen LogP contribution in [-0.2, 0) is 26.4 Å². The Morgan fingerprint density at radius 2 is 2.19 bits per heavy atom. The fourth-order valence-corrected chi connectivity index (χ4v) is 3.56. The largest absolute Gasteiger partial charge is 0.306 e. The summed E-state index contributed by atoms with van der Waals surface area (Å²) in [7, 11) is 1.96. The summed E-state index contributed by atoms with van der Waals surface area (Å²) in [4.78, 5) is 10.5. The van der Waals surface area contributed by atoms with Crippen molar-refractivity contribution in [1.29, 1.82) is 0 Å². The third-order valence-electron chi connectivity index (χ3n) is 3.53. The summed E-state index contributed by atoms with van der Waals surface area (Å²) in [6.45, 7) is 4.87. The Hall–Kier alpha value is -1.40. The van der Waals surface area contributed by atoms with E-state index in [1.54, 1.807) is 11.3 Å². The highest BCUT2D eigenvalue weighted by molar-refractivity contribution is 7.11. The molecule has 0 aliphatic rings. The lowest BCUT2D eigenvalue weighted by molar-refractivity contribution is 0.690. The summed E-state index contributed by atoms with van der Waals surface area (Å²) in [6.07, 6.45) is 3.74. The average molecular weight is 324 g/mol. The van der Waals surface area contributed by atoms with E-state index in [4.69, 9.17) is 16.6 Å². The molecule has 5 nitrogen and oxygen atoms in total. The number of rotatable bonds is 5. The van der Waals surface area contributed by atoms with Gasteiger partial charge in [0.25, 0.3) is 0 Å². The third-order valence-corrected chi connectivity index (χ3v) is 4.85. The van der Waals surface area contributed by atoms with Crippen LogP contribution >= 0.6 is 22.9 Å². The van der Waals surface area contributed by atoms with Crippen molar-refractivity contribution < 1.29 is 0 Å². The maximum Gasteiger partial charge on any atom is 0.159 e. The molecule has 0 bridgehead atoms. The van der Waals surface area contributed by atoms with Gasteiger partial charge in [-0.15, -0.1) is 22.9 Å². The van der Waals surface area contributed by atoms with Gasteiger partial charge in [-0.2, -0.15) is 5.10 Å². The highest BCUT2D eigenvalue weighted by atomic mass is 35.5. The summed E-state index contributed by atoms with van der Waals surface area (Å²) in [5.74, 6) is 1.57. The Labute approximate surface area is 132 Å². The van der Waals surface area contributed by atoms with E-state index < -0.39 is 0 Å². The van der Waals surface area contributed by atoms with Gasteiger partial charge < -0.3 is 4.57 Å². The van der Waals surface area contributed by atoms with Crippen molar-refractivity contribution in [2.45, 2.75) is 33.2 Å². The molecular weight excluding hydrogens is 306 g/mol. The first-order valence-electron chi connectivity index (χ1n) is 7.02. The van der Waals surface area contributed by atoms with Crippen LogP contribution in [0.4, 0.5) is 0 Å². The highest BCUT2D eigenvalue weighted by Gasteiger charge is 2.18. The molecule has 0 amide bonds. The SMILES string of the molecule is CCc1cnc(Cn2c(CCCl)nc3c(C)nn(C)c32)s1. The number of aromatic nitrogens is 5. The topological polar surface area (TPSA) is 48.5 Å². The maximum absolute atomic E-state index is 5.92. The number of imidazole rings is 1. The number of halogens is 1. The number of fused-ring (bicyclic) bond motifs is 1. The van der Waals surface area contributed by atoms with Crippen molar-refractivity contribution in [3.05, 3.63) is 27.6 Å². The zero-order valence-corrected chi connectivity index (χ0v) is 14.0. The molecule has 0 N–H and O–H groups in total. The second-order valence-corrected chi connectivity index (χ2v) is 6.59. The highest BCUT2D eigenvalue weighted by Crippen LogP contribution is 2.22. The summed E-state index contributed by atoms with van der Waals surface area (Å²) >= 11 is 7.68. The van der Waals surface area contributed by atoms with Crippen LogP contribution in [0.15, 0.2) is 6.20 Å². The Morgan fingerprint density at radius 3 is 2.86 bits per heavy atom. The molecule has 0 unspecified atom stereocenters. The average Bonchev–Trinajstić information content (AvgIpc) is 3.11. The number of hydrogen-bond acceptors (Lipinski definition) is 4. The van der Waals surface area contributed by atoms with Gasteiger partial charge in [0.05, 0.1) is 12.2 Å². The van der Waals surface area contributed by atoms with Gasteiger partial charge in [0, 0.05) is 30.4 Å². The van der Waals surface area contributed by atoms with Crippen molar-refractivity contribution in [2.75, 3.05) is 5.88 Å². The molecule has 0 fully saturated rings. The fraction of sp³-hybridized carbons (Fsp3) is 0.500. The number of thiazole rings is 1. The molecule has 0 saturated carbocycles. The van der Waals surface area contributed by atoms with Gasteiger partial charge in [0.1, 0.15) is 16.3 Å². The Balaban J connectivity index is 2.07. The molecule has 0 saturated heterocycles. The first-order valence-corrected chi connectivity index (χ1v) is 8.37. The Morgan fingerprint density at radius 1 is 1.38 bits per heavy atom.